The van der Waals surface area contributed by atoms with Gasteiger partial charge in [-0.1, -0.05) is 0 Å². The summed E-state index contributed by atoms with van der Waals surface area (Å²) >= 11 is 0. The molecule has 0 radical (unpaired) electrons. The van der Waals surface area contributed by atoms with Crippen molar-refractivity contribution >= 4 is 0 Å². The second-order valence-electron chi connectivity index (χ2n) is 3.11. The number of aliphatic hydroxyl groups excluding tert-OH is 3. The molecule has 5 nitrogen and oxygen atoms in total. The fourth-order valence-corrected chi connectivity index (χ4v) is 1.67. The summed E-state index contributed by atoms with van der Waals surface area (Å²) < 4.78 is 4.89. The van der Waals surface area contributed by atoms with Crippen LogP contribution in [-0.4, -0.2) is 53.4 Å². The van der Waals surface area contributed by atoms with Crippen LogP contribution in [0.2, 0.25) is 0 Å². The van der Waals surface area contributed by atoms with E-state index in [0.717, 1.165) is 0 Å². The Morgan fingerprint density at radius 2 is 1.92 bits per heavy atom. The fraction of sp³-hybridized carbons (Fsp3) is 1.00. The zero-order valence-corrected chi connectivity index (χ0v) is 6.92. The Bertz CT molecular complexity index is 138. The van der Waals surface area contributed by atoms with Crippen LogP contribution in [0.1, 0.15) is 0 Å². The first-order valence-electron chi connectivity index (χ1n) is 3.88. The molecule has 0 bridgehead atoms. The Morgan fingerprint density at radius 3 is 2.17 bits per heavy atom. The van der Waals surface area contributed by atoms with Gasteiger partial charge in [0.25, 0.3) is 0 Å². The van der Waals surface area contributed by atoms with Crippen molar-refractivity contribution in [1.29, 1.82) is 0 Å². The maximum Gasteiger partial charge on any atom is 0.108 e. The minimum absolute atomic E-state index is 0.237. The van der Waals surface area contributed by atoms with Crippen LogP contribution in [0.5, 0.6) is 0 Å². The minimum Gasteiger partial charge on any atom is -0.396 e. The molecule has 1 saturated carbocycles. The van der Waals surface area contributed by atoms with Crippen LogP contribution in [0.25, 0.3) is 0 Å². The van der Waals surface area contributed by atoms with Crippen molar-refractivity contribution in [1.82, 2.24) is 0 Å². The number of ether oxygens (including phenoxy) is 1. The first kappa shape index (κ1) is 9.88. The highest BCUT2D eigenvalue weighted by atomic mass is 16.5. The van der Waals surface area contributed by atoms with Crippen LogP contribution >= 0.6 is 0 Å². The maximum atomic E-state index is 9.36. The zero-order chi connectivity index (χ0) is 9.30. The predicted molar refractivity (Wildman–Crippen MR) is 41.4 cm³/mol. The number of rotatable bonds is 2. The van der Waals surface area contributed by atoms with Crippen LogP contribution < -0.4 is 5.73 Å². The highest BCUT2D eigenvalue weighted by Gasteiger charge is 2.47. The number of nitrogens with two attached hydrogens (primary N) is 1. The van der Waals surface area contributed by atoms with Crippen LogP contribution in [0.3, 0.4) is 0 Å². The van der Waals surface area contributed by atoms with Gasteiger partial charge in [-0.2, -0.15) is 0 Å². The number of methoxy groups -OCH3 is 1. The molecule has 1 aliphatic carbocycles. The molecule has 12 heavy (non-hydrogen) atoms. The first-order valence-corrected chi connectivity index (χ1v) is 3.88. The molecule has 0 spiro atoms. The lowest BCUT2D eigenvalue weighted by atomic mass is 10.0. The molecule has 5 unspecified atom stereocenters. The van der Waals surface area contributed by atoms with E-state index in [2.05, 4.69) is 0 Å². The quantitative estimate of drug-likeness (QED) is 0.379. The fourth-order valence-electron chi connectivity index (χ4n) is 1.67. The van der Waals surface area contributed by atoms with Gasteiger partial charge >= 0.3 is 0 Å². The van der Waals surface area contributed by atoms with Gasteiger partial charge in [0.2, 0.25) is 0 Å². The van der Waals surface area contributed by atoms with Crippen LogP contribution in [0.15, 0.2) is 0 Å². The molecule has 72 valence electrons. The lowest BCUT2D eigenvalue weighted by molar-refractivity contribution is -0.0452. The SMILES string of the molecule is COC1C(N)C(CO)C(O)C1O. The van der Waals surface area contributed by atoms with E-state index in [0.29, 0.717) is 0 Å². The summed E-state index contributed by atoms with van der Waals surface area (Å²) in [5, 5.41) is 27.6. The summed E-state index contributed by atoms with van der Waals surface area (Å²) in [7, 11) is 1.42. The van der Waals surface area contributed by atoms with Gasteiger partial charge in [-0.25, -0.2) is 0 Å². The Labute approximate surface area is 70.8 Å². The van der Waals surface area contributed by atoms with E-state index in [1.54, 1.807) is 0 Å². The van der Waals surface area contributed by atoms with E-state index in [1.807, 2.05) is 0 Å². The molecule has 0 aromatic rings. The number of hydrogen-bond donors (Lipinski definition) is 4. The van der Waals surface area contributed by atoms with Crippen molar-refractivity contribution in [2.45, 2.75) is 24.4 Å². The highest BCUT2D eigenvalue weighted by molar-refractivity contribution is 5.00. The molecule has 0 heterocycles. The molecule has 0 aliphatic heterocycles. The maximum absolute atomic E-state index is 9.36. The predicted octanol–water partition coefficient (Wildman–Crippen LogP) is -2.33. The van der Waals surface area contributed by atoms with Crippen LogP contribution in [-0.2, 0) is 4.74 Å². The third-order valence-electron chi connectivity index (χ3n) is 2.48. The third kappa shape index (κ3) is 1.34. The molecule has 5 heteroatoms. The molecule has 0 amide bonds. The Hall–Kier alpha value is -0.200. The largest absolute Gasteiger partial charge is 0.396 e. The standard InChI is InChI=1S/C7H15NO4/c1-12-7-4(8)3(2-9)5(10)6(7)11/h3-7,9-11H,2,8H2,1H3. The van der Waals surface area contributed by atoms with Crippen LogP contribution in [0, 0.1) is 5.92 Å². The molecule has 0 aromatic carbocycles. The van der Waals surface area contributed by atoms with E-state index in [4.69, 9.17) is 15.6 Å². The van der Waals surface area contributed by atoms with Crippen molar-refractivity contribution in [3.05, 3.63) is 0 Å². The second kappa shape index (κ2) is 3.68. The summed E-state index contributed by atoms with van der Waals surface area (Å²) in [5.41, 5.74) is 5.62. The van der Waals surface area contributed by atoms with Gasteiger partial charge in [-0.3, -0.25) is 0 Å². The first-order chi connectivity index (χ1) is 5.63. The molecule has 0 saturated heterocycles. The van der Waals surface area contributed by atoms with Gasteiger partial charge in [0.15, 0.2) is 0 Å². The van der Waals surface area contributed by atoms with Gasteiger partial charge in [-0.15, -0.1) is 0 Å². The second-order valence-corrected chi connectivity index (χ2v) is 3.11. The molecule has 1 aliphatic rings. The van der Waals surface area contributed by atoms with E-state index in [9.17, 15) is 10.2 Å². The topological polar surface area (TPSA) is 95.9 Å². The minimum atomic E-state index is -0.998. The molecule has 5 N–H and O–H groups in total. The van der Waals surface area contributed by atoms with E-state index in [1.165, 1.54) is 7.11 Å². The molecular weight excluding hydrogens is 162 g/mol. The molecular formula is C7H15NO4. The van der Waals surface area contributed by atoms with Crippen molar-refractivity contribution < 1.29 is 20.1 Å². The molecule has 0 aromatic heterocycles. The monoisotopic (exact) mass is 177 g/mol. The van der Waals surface area contributed by atoms with Crippen molar-refractivity contribution in [3.63, 3.8) is 0 Å². The van der Waals surface area contributed by atoms with E-state index >= 15 is 0 Å². The summed E-state index contributed by atoms with van der Waals surface area (Å²) in [6, 6.07) is -0.509. The van der Waals surface area contributed by atoms with Crippen molar-refractivity contribution in [2.24, 2.45) is 11.7 Å². The molecule has 5 atom stereocenters. The molecule has 1 rings (SSSR count). The van der Waals surface area contributed by atoms with Crippen molar-refractivity contribution in [3.8, 4) is 0 Å². The van der Waals surface area contributed by atoms with Gasteiger partial charge in [0.1, 0.15) is 12.2 Å². The average Bonchev–Trinajstić information content (AvgIpc) is 2.25. The zero-order valence-electron chi connectivity index (χ0n) is 6.92. The summed E-state index contributed by atoms with van der Waals surface area (Å²) in [6.45, 7) is -0.237. The van der Waals surface area contributed by atoms with E-state index in [-0.39, 0.29) is 6.61 Å². The highest BCUT2D eigenvalue weighted by Crippen LogP contribution is 2.27. The van der Waals surface area contributed by atoms with Crippen molar-refractivity contribution in [2.75, 3.05) is 13.7 Å². The lowest BCUT2D eigenvalue weighted by Crippen LogP contribution is -2.40. The Balaban J connectivity index is 2.71. The van der Waals surface area contributed by atoms with Gasteiger partial charge < -0.3 is 25.8 Å². The lowest BCUT2D eigenvalue weighted by Gasteiger charge is -2.17. The number of aliphatic hydroxyl groups is 3. The number of hydrogen-bond acceptors (Lipinski definition) is 5. The Kier molecular flexibility index (Phi) is 3.03. The molecule has 1 fully saturated rings. The third-order valence-corrected chi connectivity index (χ3v) is 2.48. The smallest absolute Gasteiger partial charge is 0.108 e. The summed E-state index contributed by atoms with van der Waals surface area (Å²) in [6.07, 6.45) is -2.57. The van der Waals surface area contributed by atoms with Gasteiger partial charge in [-0.05, 0) is 0 Å². The van der Waals surface area contributed by atoms with E-state index < -0.39 is 30.3 Å². The normalized spacial score (nSPS) is 48.2. The van der Waals surface area contributed by atoms with Crippen LogP contribution in [0.4, 0.5) is 0 Å². The summed E-state index contributed by atoms with van der Waals surface area (Å²) in [5.74, 6) is -0.495. The summed E-state index contributed by atoms with van der Waals surface area (Å²) in [4.78, 5) is 0. The van der Waals surface area contributed by atoms with Gasteiger partial charge in [0, 0.05) is 19.1 Å². The Morgan fingerprint density at radius 1 is 1.33 bits per heavy atom. The van der Waals surface area contributed by atoms with Gasteiger partial charge in [0.05, 0.1) is 12.7 Å². The average molecular weight is 177 g/mol.